The summed E-state index contributed by atoms with van der Waals surface area (Å²) in [5.74, 6) is -0.776. The van der Waals surface area contributed by atoms with Crippen LogP contribution in [0.4, 0.5) is 10.1 Å². The summed E-state index contributed by atoms with van der Waals surface area (Å²) in [7, 11) is 0. The van der Waals surface area contributed by atoms with Crippen molar-refractivity contribution in [3.05, 3.63) is 64.9 Å². The van der Waals surface area contributed by atoms with E-state index in [0.29, 0.717) is 31.7 Å². The molecule has 2 amide bonds. The van der Waals surface area contributed by atoms with E-state index in [1.54, 1.807) is 4.90 Å². The zero-order chi connectivity index (χ0) is 18.5. The van der Waals surface area contributed by atoms with Crippen LogP contribution in [0.2, 0.25) is 5.02 Å². The van der Waals surface area contributed by atoms with Crippen molar-refractivity contribution in [2.45, 2.75) is 0 Å². The zero-order valence-electron chi connectivity index (χ0n) is 14.1. The first-order valence-corrected chi connectivity index (χ1v) is 8.72. The van der Waals surface area contributed by atoms with E-state index in [1.807, 2.05) is 35.2 Å². The Bertz CT molecular complexity index is 793. The monoisotopic (exact) mass is 375 g/mol. The lowest BCUT2D eigenvalue weighted by Crippen LogP contribution is -2.50. The summed E-state index contributed by atoms with van der Waals surface area (Å²) in [5.41, 5.74) is 1.06. The molecule has 1 aliphatic rings. The summed E-state index contributed by atoms with van der Waals surface area (Å²) in [6.45, 7) is 2.43. The van der Waals surface area contributed by atoms with Crippen molar-refractivity contribution >= 4 is 29.1 Å². The highest BCUT2D eigenvalue weighted by Gasteiger charge is 2.24. The molecule has 1 saturated heterocycles. The average molecular weight is 376 g/mol. The summed E-state index contributed by atoms with van der Waals surface area (Å²) in [6.07, 6.45) is 0. The molecule has 0 atom stereocenters. The zero-order valence-corrected chi connectivity index (χ0v) is 14.9. The summed E-state index contributed by atoms with van der Waals surface area (Å²) >= 11 is 5.97. The highest BCUT2D eigenvalue weighted by Crippen LogP contribution is 2.20. The summed E-state index contributed by atoms with van der Waals surface area (Å²) in [6, 6.07) is 13.0. The van der Waals surface area contributed by atoms with Crippen molar-refractivity contribution in [3.8, 4) is 0 Å². The van der Waals surface area contributed by atoms with Gasteiger partial charge in [-0.3, -0.25) is 14.5 Å². The van der Waals surface area contributed by atoms with Crippen molar-refractivity contribution < 1.29 is 14.0 Å². The predicted octanol–water partition coefficient (Wildman–Crippen LogP) is 2.88. The van der Waals surface area contributed by atoms with Crippen LogP contribution < -0.4 is 5.32 Å². The first-order valence-electron chi connectivity index (χ1n) is 8.34. The van der Waals surface area contributed by atoms with Gasteiger partial charge in [-0.05, 0) is 30.3 Å². The second-order valence-electron chi connectivity index (χ2n) is 6.11. The van der Waals surface area contributed by atoms with Crippen LogP contribution in [0.25, 0.3) is 0 Å². The number of benzene rings is 2. The van der Waals surface area contributed by atoms with Crippen LogP contribution in [-0.2, 0) is 4.79 Å². The third-order valence-electron chi connectivity index (χ3n) is 4.25. The van der Waals surface area contributed by atoms with Gasteiger partial charge in [-0.25, -0.2) is 4.39 Å². The molecule has 1 heterocycles. The fourth-order valence-electron chi connectivity index (χ4n) is 2.87. The molecule has 0 bridgehead atoms. The molecule has 0 unspecified atom stereocenters. The second kappa shape index (κ2) is 8.29. The number of halogens is 2. The Hall–Kier alpha value is -2.44. The minimum absolute atomic E-state index is 0.0856. The van der Waals surface area contributed by atoms with Gasteiger partial charge in [0.1, 0.15) is 5.82 Å². The number of hydrogen-bond donors (Lipinski definition) is 1. The molecule has 0 saturated carbocycles. The Labute approximate surface area is 156 Å². The standard InChI is InChI=1S/C19H19ClFN3O2/c20-17-12-14(21)6-7-16(17)19(26)24-10-8-23(9-11-24)13-18(25)22-15-4-2-1-3-5-15/h1-7,12H,8-11,13H2,(H,22,25). The van der Waals surface area contributed by atoms with Crippen LogP contribution in [-0.4, -0.2) is 54.3 Å². The van der Waals surface area contributed by atoms with E-state index in [0.717, 1.165) is 11.8 Å². The van der Waals surface area contributed by atoms with E-state index in [9.17, 15) is 14.0 Å². The smallest absolute Gasteiger partial charge is 0.255 e. The number of carbonyl (C=O) groups is 2. The van der Waals surface area contributed by atoms with Gasteiger partial charge in [-0.2, -0.15) is 0 Å². The molecule has 0 spiro atoms. The second-order valence-corrected chi connectivity index (χ2v) is 6.51. The van der Waals surface area contributed by atoms with E-state index in [4.69, 9.17) is 11.6 Å². The molecule has 2 aromatic carbocycles. The van der Waals surface area contributed by atoms with Crippen molar-refractivity contribution in [3.63, 3.8) is 0 Å². The number of amides is 2. The quantitative estimate of drug-likeness (QED) is 0.894. The molecule has 1 fully saturated rings. The van der Waals surface area contributed by atoms with Gasteiger partial charge < -0.3 is 10.2 Å². The number of hydrogen-bond acceptors (Lipinski definition) is 3. The van der Waals surface area contributed by atoms with Crippen LogP contribution >= 0.6 is 11.6 Å². The molecule has 136 valence electrons. The maximum absolute atomic E-state index is 13.1. The molecular formula is C19H19ClFN3O2. The minimum atomic E-state index is -0.471. The number of piperazine rings is 1. The lowest BCUT2D eigenvalue weighted by atomic mass is 10.1. The van der Waals surface area contributed by atoms with E-state index in [1.165, 1.54) is 12.1 Å². The van der Waals surface area contributed by atoms with Crippen molar-refractivity contribution in [2.75, 3.05) is 38.0 Å². The number of carbonyl (C=O) groups excluding carboxylic acids is 2. The van der Waals surface area contributed by atoms with Crippen LogP contribution in [0, 0.1) is 5.82 Å². The predicted molar refractivity (Wildman–Crippen MR) is 98.8 cm³/mol. The first-order chi connectivity index (χ1) is 12.5. The largest absolute Gasteiger partial charge is 0.336 e. The molecule has 1 aliphatic heterocycles. The molecule has 0 aliphatic carbocycles. The highest BCUT2D eigenvalue weighted by atomic mass is 35.5. The topological polar surface area (TPSA) is 52.7 Å². The highest BCUT2D eigenvalue weighted by molar-refractivity contribution is 6.33. The van der Waals surface area contributed by atoms with Gasteiger partial charge in [0, 0.05) is 31.9 Å². The normalized spacial score (nSPS) is 14.9. The molecule has 5 nitrogen and oxygen atoms in total. The lowest BCUT2D eigenvalue weighted by molar-refractivity contribution is -0.117. The lowest BCUT2D eigenvalue weighted by Gasteiger charge is -2.34. The van der Waals surface area contributed by atoms with Crippen LogP contribution in [0.1, 0.15) is 10.4 Å². The molecule has 7 heteroatoms. The molecular weight excluding hydrogens is 357 g/mol. The maximum Gasteiger partial charge on any atom is 0.255 e. The SMILES string of the molecule is O=C(CN1CCN(C(=O)c2ccc(F)cc2Cl)CC1)Nc1ccccc1. The van der Waals surface area contributed by atoms with Gasteiger partial charge in [0.2, 0.25) is 5.91 Å². The molecule has 1 N–H and O–H groups in total. The fraction of sp³-hybridized carbons (Fsp3) is 0.263. The van der Waals surface area contributed by atoms with Gasteiger partial charge in [0.25, 0.3) is 5.91 Å². The molecule has 3 rings (SSSR count). The number of nitrogens with zero attached hydrogens (tertiary/aromatic N) is 2. The summed E-state index contributed by atoms with van der Waals surface area (Å²) in [5, 5.41) is 2.96. The van der Waals surface area contributed by atoms with E-state index in [2.05, 4.69) is 5.32 Å². The van der Waals surface area contributed by atoms with E-state index in [-0.39, 0.29) is 23.4 Å². The first kappa shape index (κ1) is 18.4. The van der Waals surface area contributed by atoms with E-state index >= 15 is 0 Å². The molecule has 0 radical (unpaired) electrons. The Morgan fingerprint density at radius 3 is 2.38 bits per heavy atom. The average Bonchev–Trinajstić information content (AvgIpc) is 2.62. The van der Waals surface area contributed by atoms with Gasteiger partial charge in [0.15, 0.2) is 0 Å². The number of nitrogens with one attached hydrogen (secondary N) is 1. The van der Waals surface area contributed by atoms with E-state index < -0.39 is 5.82 Å². The Kier molecular flexibility index (Phi) is 5.85. The number of para-hydroxylation sites is 1. The van der Waals surface area contributed by atoms with Gasteiger partial charge in [-0.1, -0.05) is 29.8 Å². The van der Waals surface area contributed by atoms with Crippen molar-refractivity contribution in [1.82, 2.24) is 9.80 Å². The maximum atomic E-state index is 13.1. The third-order valence-corrected chi connectivity index (χ3v) is 4.56. The van der Waals surface area contributed by atoms with Crippen molar-refractivity contribution in [2.24, 2.45) is 0 Å². The third kappa shape index (κ3) is 4.59. The van der Waals surface area contributed by atoms with Crippen LogP contribution in [0.3, 0.4) is 0 Å². The Balaban J connectivity index is 1.51. The fourth-order valence-corrected chi connectivity index (χ4v) is 3.12. The van der Waals surface area contributed by atoms with Crippen LogP contribution in [0.5, 0.6) is 0 Å². The Morgan fingerprint density at radius 2 is 1.73 bits per heavy atom. The molecule has 0 aromatic heterocycles. The van der Waals surface area contributed by atoms with Crippen molar-refractivity contribution in [1.29, 1.82) is 0 Å². The van der Waals surface area contributed by atoms with Crippen LogP contribution in [0.15, 0.2) is 48.5 Å². The molecule has 26 heavy (non-hydrogen) atoms. The molecule has 2 aromatic rings. The van der Waals surface area contributed by atoms with Gasteiger partial charge in [-0.15, -0.1) is 0 Å². The summed E-state index contributed by atoms with van der Waals surface area (Å²) in [4.78, 5) is 28.3. The summed E-state index contributed by atoms with van der Waals surface area (Å²) < 4.78 is 13.1. The minimum Gasteiger partial charge on any atom is -0.336 e. The van der Waals surface area contributed by atoms with Gasteiger partial charge >= 0.3 is 0 Å². The Morgan fingerprint density at radius 1 is 1.04 bits per heavy atom. The number of anilines is 1. The number of rotatable bonds is 4. The van der Waals surface area contributed by atoms with Gasteiger partial charge in [0.05, 0.1) is 17.1 Å².